The van der Waals surface area contributed by atoms with E-state index in [-0.39, 0.29) is 10.8 Å². The highest BCUT2D eigenvalue weighted by Crippen LogP contribution is 2.58. The van der Waals surface area contributed by atoms with E-state index in [0.29, 0.717) is 11.5 Å². The molecule has 12 rings (SSSR count). The first-order valence-electron chi connectivity index (χ1n) is 20.5. The van der Waals surface area contributed by atoms with Gasteiger partial charge in [0.2, 0.25) is 5.89 Å². The quantitative estimate of drug-likeness (QED) is 0.175. The predicted molar refractivity (Wildman–Crippen MR) is 242 cm³/mol. The van der Waals surface area contributed by atoms with Crippen LogP contribution in [0, 0.1) is 0 Å². The van der Waals surface area contributed by atoms with Crippen LogP contribution >= 0.6 is 0 Å². The average Bonchev–Trinajstić information content (AvgIpc) is 3.98. The van der Waals surface area contributed by atoms with Gasteiger partial charge in [-0.05, 0) is 81.4 Å². The monoisotopic (exact) mass is 760 g/mol. The van der Waals surface area contributed by atoms with Crippen LogP contribution in [0.2, 0.25) is 0 Å². The Hall–Kier alpha value is -7.17. The molecule has 0 saturated heterocycles. The molecular formula is C55H40N2O2. The molecule has 8 aromatic carbocycles. The molecule has 0 atom stereocenters. The molecule has 0 bridgehead atoms. The van der Waals surface area contributed by atoms with E-state index in [0.717, 1.165) is 49.8 Å². The number of rotatable bonds is 5. The second kappa shape index (κ2) is 12.2. The van der Waals surface area contributed by atoms with Crippen LogP contribution in [-0.2, 0) is 10.8 Å². The number of fused-ring (bicyclic) bond motifs is 10. The second-order valence-electron chi connectivity index (χ2n) is 17.1. The number of hydrogen-bond acceptors (Lipinski definition) is 4. The van der Waals surface area contributed by atoms with Crippen molar-refractivity contribution in [2.75, 3.05) is 4.90 Å². The number of nitrogens with zero attached hydrogens (tertiary/aromatic N) is 2. The van der Waals surface area contributed by atoms with E-state index in [1.54, 1.807) is 0 Å². The number of hydrogen-bond donors (Lipinski definition) is 0. The van der Waals surface area contributed by atoms with Gasteiger partial charge in [-0.2, -0.15) is 0 Å². The summed E-state index contributed by atoms with van der Waals surface area (Å²) in [6.07, 6.45) is 0. The third-order valence-electron chi connectivity index (χ3n) is 13.1. The molecule has 0 radical (unpaired) electrons. The maximum absolute atomic E-state index is 6.69. The molecule has 2 heterocycles. The van der Waals surface area contributed by atoms with Gasteiger partial charge in [0.1, 0.15) is 16.7 Å². The first-order valence-corrected chi connectivity index (χ1v) is 20.5. The lowest BCUT2D eigenvalue weighted by Crippen LogP contribution is -2.17. The van der Waals surface area contributed by atoms with Gasteiger partial charge in [-0.15, -0.1) is 0 Å². The normalized spacial score (nSPS) is 14.4. The minimum atomic E-state index is -0.126. The Morgan fingerprint density at radius 2 is 1.00 bits per heavy atom. The van der Waals surface area contributed by atoms with Crippen molar-refractivity contribution < 1.29 is 8.83 Å². The minimum absolute atomic E-state index is 0.126. The van der Waals surface area contributed by atoms with E-state index in [9.17, 15) is 0 Å². The molecule has 59 heavy (non-hydrogen) atoms. The Kier molecular flexibility index (Phi) is 7.00. The van der Waals surface area contributed by atoms with Crippen LogP contribution in [-0.4, -0.2) is 4.98 Å². The average molecular weight is 761 g/mol. The molecule has 0 saturated carbocycles. The molecule has 0 amide bonds. The van der Waals surface area contributed by atoms with Gasteiger partial charge in [0.05, 0.1) is 11.4 Å². The van der Waals surface area contributed by atoms with Crippen molar-refractivity contribution in [3.63, 3.8) is 0 Å². The van der Waals surface area contributed by atoms with Crippen LogP contribution in [0.15, 0.2) is 179 Å². The van der Waals surface area contributed by atoms with Crippen molar-refractivity contribution in [1.82, 2.24) is 4.98 Å². The summed E-state index contributed by atoms with van der Waals surface area (Å²) < 4.78 is 12.9. The molecule has 10 aromatic rings. The van der Waals surface area contributed by atoms with E-state index in [4.69, 9.17) is 13.8 Å². The highest BCUT2D eigenvalue weighted by Gasteiger charge is 2.40. The molecule has 2 aliphatic carbocycles. The third-order valence-corrected chi connectivity index (χ3v) is 13.1. The van der Waals surface area contributed by atoms with E-state index in [1.807, 2.05) is 36.4 Å². The van der Waals surface area contributed by atoms with Gasteiger partial charge in [0.15, 0.2) is 5.58 Å². The molecule has 282 valence electrons. The number of anilines is 3. The largest absolute Gasteiger partial charge is 0.455 e. The second-order valence-corrected chi connectivity index (χ2v) is 17.1. The topological polar surface area (TPSA) is 42.4 Å². The molecule has 2 aliphatic rings. The zero-order valence-corrected chi connectivity index (χ0v) is 33.4. The lowest BCUT2D eigenvalue weighted by Gasteiger charge is -2.31. The molecule has 4 heteroatoms. The summed E-state index contributed by atoms with van der Waals surface area (Å²) in [7, 11) is 0. The van der Waals surface area contributed by atoms with Gasteiger partial charge < -0.3 is 13.7 Å². The standard InChI is InChI=1S/C55H40N2O2/c1-54(2)41-21-10-8-17-38(41)50-43(54)23-13-25-46(50)57(47-26-14-24-44-51(47)39-18-9-11-22-42(39)55(44,3)4)35-29-27-33(28-30-35)36-19-12-20-37-40-31-45-49(32-48(40)58-52(36)37)59-53(56-45)34-15-6-5-7-16-34/h5-32H,1-4H3. The summed E-state index contributed by atoms with van der Waals surface area (Å²) in [5.74, 6) is 0.606. The van der Waals surface area contributed by atoms with Gasteiger partial charge in [-0.1, -0.05) is 149 Å². The molecule has 0 unspecified atom stereocenters. The van der Waals surface area contributed by atoms with E-state index in [1.165, 1.54) is 55.9 Å². The Morgan fingerprint density at radius 3 is 1.64 bits per heavy atom. The number of benzene rings is 8. The van der Waals surface area contributed by atoms with Gasteiger partial charge in [0.25, 0.3) is 0 Å². The van der Waals surface area contributed by atoms with E-state index >= 15 is 0 Å². The fraction of sp³-hybridized carbons (Fsp3) is 0.109. The smallest absolute Gasteiger partial charge is 0.227 e. The molecule has 0 fully saturated rings. The van der Waals surface area contributed by atoms with E-state index < -0.39 is 0 Å². The van der Waals surface area contributed by atoms with Crippen molar-refractivity contribution in [3.8, 4) is 44.8 Å². The maximum atomic E-state index is 6.69. The number of para-hydroxylation sites is 1. The summed E-state index contributed by atoms with van der Waals surface area (Å²) in [5, 5.41) is 2.07. The summed E-state index contributed by atoms with van der Waals surface area (Å²) >= 11 is 0. The van der Waals surface area contributed by atoms with Crippen LogP contribution in [0.5, 0.6) is 0 Å². The van der Waals surface area contributed by atoms with Crippen molar-refractivity contribution in [3.05, 3.63) is 192 Å². The Bertz CT molecular complexity index is 3220. The zero-order chi connectivity index (χ0) is 39.6. The first-order chi connectivity index (χ1) is 28.8. The maximum Gasteiger partial charge on any atom is 0.227 e. The van der Waals surface area contributed by atoms with Crippen molar-refractivity contribution >= 4 is 50.1 Å². The summed E-state index contributed by atoms with van der Waals surface area (Å²) in [6.45, 7) is 9.42. The van der Waals surface area contributed by atoms with Crippen LogP contribution < -0.4 is 4.90 Å². The van der Waals surface area contributed by atoms with Crippen LogP contribution in [0.4, 0.5) is 17.1 Å². The van der Waals surface area contributed by atoms with Gasteiger partial charge in [-0.25, -0.2) is 4.98 Å². The minimum Gasteiger partial charge on any atom is -0.455 e. The molecule has 4 nitrogen and oxygen atoms in total. The number of furan rings is 1. The van der Waals surface area contributed by atoms with Gasteiger partial charge >= 0.3 is 0 Å². The van der Waals surface area contributed by atoms with Gasteiger partial charge in [-0.3, -0.25) is 0 Å². The molecule has 0 N–H and O–H groups in total. The number of aromatic nitrogens is 1. The molecule has 2 aromatic heterocycles. The third kappa shape index (κ3) is 4.80. The molecule has 0 aliphatic heterocycles. The summed E-state index contributed by atoms with van der Waals surface area (Å²) in [6, 6.07) is 61.1. The lowest BCUT2D eigenvalue weighted by atomic mass is 9.82. The molecular weight excluding hydrogens is 721 g/mol. The highest BCUT2D eigenvalue weighted by atomic mass is 16.4. The fourth-order valence-electron chi connectivity index (χ4n) is 10.2. The zero-order valence-electron chi connectivity index (χ0n) is 33.4. The van der Waals surface area contributed by atoms with Crippen molar-refractivity contribution in [1.29, 1.82) is 0 Å². The van der Waals surface area contributed by atoms with Crippen molar-refractivity contribution in [2.45, 2.75) is 38.5 Å². The highest BCUT2D eigenvalue weighted by molar-refractivity contribution is 6.12. The Morgan fingerprint density at radius 1 is 0.441 bits per heavy atom. The predicted octanol–water partition coefficient (Wildman–Crippen LogP) is 15.1. The summed E-state index contributed by atoms with van der Waals surface area (Å²) in [4.78, 5) is 7.35. The van der Waals surface area contributed by atoms with Crippen LogP contribution in [0.1, 0.15) is 49.9 Å². The van der Waals surface area contributed by atoms with Crippen LogP contribution in [0.25, 0.3) is 77.9 Å². The van der Waals surface area contributed by atoms with Gasteiger partial charge in [0, 0.05) is 55.6 Å². The van der Waals surface area contributed by atoms with E-state index in [2.05, 4.69) is 166 Å². The number of oxazole rings is 1. The SMILES string of the molecule is CC1(C)c2ccccc2-c2c(N(c3ccc(-c4cccc5c4oc4cc6oc(-c7ccccc7)nc6cc45)cc3)c3cccc4c3-c3ccccc3C4(C)C)cccc21. The Balaban J connectivity index is 1.03. The Labute approximate surface area is 343 Å². The van der Waals surface area contributed by atoms with Crippen LogP contribution in [0.3, 0.4) is 0 Å². The summed E-state index contributed by atoms with van der Waals surface area (Å²) in [5.41, 5.74) is 20.0. The first kappa shape index (κ1) is 33.9. The molecule has 0 spiro atoms. The fourth-order valence-corrected chi connectivity index (χ4v) is 10.2. The van der Waals surface area contributed by atoms with Crippen molar-refractivity contribution in [2.24, 2.45) is 0 Å². The lowest BCUT2D eigenvalue weighted by molar-refractivity contribution is 0.617.